The fourth-order valence-electron chi connectivity index (χ4n) is 1.88. The van der Waals surface area contributed by atoms with Crippen molar-refractivity contribution in [1.29, 1.82) is 0 Å². The van der Waals surface area contributed by atoms with Gasteiger partial charge in [0.1, 0.15) is 5.75 Å². The molecule has 0 saturated carbocycles. The SMILES string of the molecule is COc1cnc(N(N)/C=C\N)c2[nH]cc(C(=O)C=O)c12. The van der Waals surface area contributed by atoms with E-state index in [1.54, 1.807) is 0 Å². The number of aromatic amines is 1. The minimum atomic E-state index is -0.662. The quantitative estimate of drug-likeness (QED) is 0.231. The minimum Gasteiger partial charge on any atom is -0.494 e. The molecule has 2 aromatic rings. The van der Waals surface area contributed by atoms with E-state index in [9.17, 15) is 9.59 Å². The van der Waals surface area contributed by atoms with Crippen LogP contribution >= 0.6 is 0 Å². The molecule has 0 aliphatic carbocycles. The number of methoxy groups -OCH3 is 1. The number of aromatic nitrogens is 2. The van der Waals surface area contributed by atoms with Crippen LogP contribution in [0, 0.1) is 0 Å². The Morgan fingerprint density at radius 2 is 2.30 bits per heavy atom. The van der Waals surface area contributed by atoms with Crippen LogP contribution in [0.15, 0.2) is 24.8 Å². The molecule has 2 rings (SSSR count). The second-order valence-corrected chi connectivity index (χ2v) is 3.83. The minimum absolute atomic E-state index is 0.195. The first-order valence-electron chi connectivity index (χ1n) is 5.60. The summed E-state index contributed by atoms with van der Waals surface area (Å²) < 4.78 is 5.16. The van der Waals surface area contributed by atoms with E-state index in [0.29, 0.717) is 22.5 Å². The Hall–Kier alpha value is -2.87. The number of anilines is 1. The average molecular weight is 275 g/mol. The molecule has 8 heteroatoms. The first kappa shape index (κ1) is 13.6. The molecular weight excluding hydrogens is 262 g/mol. The zero-order valence-corrected chi connectivity index (χ0v) is 10.7. The zero-order valence-electron chi connectivity index (χ0n) is 10.7. The summed E-state index contributed by atoms with van der Waals surface area (Å²) in [5.74, 6) is 5.81. The smallest absolute Gasteiger partial charge is 0.227 e. The van der Waals surface area contributed by atoms with E-state index in [0.717, 1.165) is 0 Å². The lowest BCUT2D eigenvalue weighted by Crippen LogP contribution is -2.25. The van der Waals surface area contributed by atoms with Crippen molar-refractivity contribution in [1.82, 2.24) is 9.97 Å². The molecule has 2 aromatic heterocycles. The summed E-state index contributed by atoms with van der Waals surface area (Å²) >= 11 is 0. The molecule has 104 valence electrons. The van der Waals surface area contributed by atoms with Gasteiger partial charge >= 0.3 is 0 Å². The summed E-state index contributed by atoms with van der Waals surface area (Å²) in [5, 5.41) is 1.63. The molecule has 0 radical (unpaired) electrons. The van der Waals surface area contributed by atoms with Crippen molar-refractivity contribution in [2.24, 2.45) is 11.6 Å². The van der Waals surface area contributed by atoms with Crippen LogP contribution in [-0.4, -0.2) is 29.1 Å². The van der Waals surface area contributed by atoms with Crippen molar-refractivity contribution in [3.05, 3.63) is 30.4 Å². The Labute approximate surface area is 114 Å². The summed E-state index contributed by atoms with van der Waals surface area (Å²) in [5.41, 5.74) is 5.94. The molecule has 0 fully saturated rings. The molecule has 8 nitrogen and oxygen atoms in total. The van der Waals surface area contributed by atoms with Crippen LogP contribution in [0.3, 0.4) is 0 Å². The second kappa shape index (κ2) is 5.41. The van der Waals surface area contributed by atoms with Gasteiger partial charge in [-0.05, 0) is 0 Å². The summed E-state index contributed by atoms with van der Waals surface area (Å²) in [6, 6.07) is 0. The number of ether oxygens (including phenoxy) is 1. The van der Waals surface area contributed by atoms with Crippen molar-refractivity contribution in [3.8, 4) is 5.75 Å². The van der Waals surface area contributed by atoms with Crippen molar-refractivity contribution in [2.45, 2.75) is 0 Å². The molecule has 0 aliphatic rings. The summed E-state index contributed by atoms with van der Waals surface area (Å²) in [7, 11) is 1.44. The average Bonchev–Trinajstić information content (AvgIpc) is 2.90. The lowest BCUT2D eigenvalue weighted by Gasteiger charge is -2.14. The molecule has 0 unspecified atom stereocenters. The second-order valence-electron chi connectivity index (χ2n) is 3.83. The number of ketones is 1. The summed E-state index contributed by atoms with van der Waals surface area (Å²) in [6.07, 6.45) is 5.71. The van der Waals surface area contributed by atoms with Crippen LogP contribution in [0.2, 0.25) is 0 Å². The number of hydrogen-bond acceptors (Lipinski definition) is 7. The predicted molar refractivity (Wildman–Crippen MR) is 73.0 cm³/mol. The molecular formula is C12H13N5O3. The van der Waals surface area contributed by atoms with Crippen LogP contribution < -0.4 is 21.3 Å². The topological polar surface area (TPSA) is 127 Å². The molecule has 5 N–H and O–H groups in total. The number of aldehydes is 1. The van der Waals surface area contributed by atoms with Crippen molar-refractivity contribution in [2.75, 3.05) is 12.1 Å². The number of rotatable bonds is 5. The third kappa shape index (κ3) is 2.08. The molecule has 0 bridgehead atoms. The number of hydrazine groups is 1. The third-order valence-corrected chi connectivity index (χ3v) is 2.74. The van der Waals surface area contributed by atoms with E-state index in [4.69, 9.17) is 16.3 Å². The van der Waals surface area contributed by atoms with Crippen LogP contribution in [0.25, 0.3) is 10.9 Å². The number of nitrogens with two attached hydrogens (primary N) is 2. The highest BCUT2D eigenvalue weighted by molar-refractivity contribution is 6.37. The van der Waals surface area contributed by atoms with Gasteiger partial charge in [0.05, 0.1) is 29.8 Å². The summed E-state index contributed by atoms with van der Waals surface area (Å²) in [4.78, 5) is 29.3. The predicted octanol–water partition coefficient (Wildman–Crippen LogP) is 0.0631. The number of nitrogens with zero attached hydrogens (tertiary/aromatic N) is 2. The van der Waals surface area contributed by atoms with E-state index >= 15 is 0 Å². The molecule has 0 spiro atoms. The standard InChI is InChI=1S/C12H13N5O3/c1-20-9-5-16-12(17(14)3-2-13)11-10(9)7(4-15-11)8(19)6-18/h2-6,15H,13-14H2,1H3/b3-2-. The van der Waals surface area contributed by atoms with Crippen LogP contribution in [0.4, 0.5) is 5.82 Å². The fraction of sp³-hybridized carbons (Fsp3) is 0.0833. The number of hydrogen-bond donors (Lipinski definition) is 3. The van der Waals surface area contributed by atoms with E-state index in [2.05, 4.69) is 9.97 Å². The molecule has 0 atom stereocenters. The molecule has 2 heterocycles. The maximum absolute atomic E-state index is 11.6. The van der Waals surface area contributed by atoms with Crippen LogP contribution in [-0.2, 0) is 4.79 Å². The lowest BCUT2D eigenvalue weighted by molar-refractivity contribution is -0.104. The van der Waals surface area contributed by atoms with E-state index in [1.165, 1.54) is 36.9 Å². The summed E-state index contributed by atoms with van der Waals surface area (Å²) in [6.45, 7) is 0. The first-order valence-corrected chi connectivity index (χ1v) is 5.60. The largest absolute Gasteiger partial charge is 0.494 e. The van der Waals surface area contributed by atoms with Crippen LogP contribution in [0.5, 0.6) is 5.75 Å². The van der Waals surface area contributed by atoms with Gasteiger partial charge in [-0.1, -0.05) is 0 Å². The van der Waals surface area contributed by atoms with E-state index in [-0.39, 0.29) is 11.8 Å². The Morgan fingerprint density at radius 1 is 1.55 bits per heavy atom. The highest BCUT2D eigenvalue weighted by Crippen LogP contribution is 2.33. The molecule has 0 aromatic carbocycles. The maximum Gasteiger partial charge on any atom is 0.227 e. The number of pyridine rings is 1. The monoisotopic (exact) mass is 275 g/mol. The molecule has 0 saturated heterocycles. The highest BCUT2D eigenvalue weighted by atomic mass is 16.5. The van der Waals surface area contributed by atoms with Crippen LogP contribution in [0.1, 0.15) is 10.4 Å². The zero-order chi connectivity index (χ0) is 14.7. The normalized spacial score (nSPS) is 10.9. The third-order valence-electron chi connectivity index (χ3n) is 2.74. The molecule has 0 amide bonds. The highest BCUT2D eigenvalue weighted by Gasteiger charge is 2.19. The number of nitrogens with one attached hydrogen (secondary N) is 1. The Balaban J connectivity index is 2.74. The maximum atomic E-state index is 11.6. The first-order chi connectivity index (χ1) is 9.63. The van der Waals surface area contributed by atoms with Gasteiger partial charge in [0, 0.05) is 18.6 Å². The van der Waals surface area contributed by atoms with Crippen molar-refractivity contribution < 1.29 is 14.3 Å². The van der Waals surface area contributed by atoms with E-state index < -0.39 is 5.78 Å². The molecule has 20 heavy (non-hydrogen) atoms. The Morgan fingerprint density at radius 3 is 2.90 bits per heavy atom. The van der Waals surface area contributed by atoms with Gasteiger partial charge in [-0.15, -0.1) is 0 Å². The Bertz CT molecular complexity index is 692. The van der Waals surface area contributed by atoms with Gasteiger partial charge in [0.25, 0.3) is 0 Å². The molecule has 0 aliphatic heterocycles. The lowest BCUT2D eigenvalue weighted by atomic mass is 10.1. The number of fused-ring (bicyclic) bond motifs is 1. The van der Waals surface area contributed by atoms with Gasteiger partial charge in [-0.2, -0.15) is 0 Å². The van der Waals surface area contributed by atoms with Gasteiger partial charge in [0.2, 0.25) is 5.78 Å². The number of Topliss-reactive ketones (excluding diaryl/α,β-unsaturated/α-hetero) is 1. The van der Waals surface area contributed by atoms with Gasteiger partial charge < -0.3 is 15.5 Å². The van der Waals surface area contributed by atoms with E-state index in [1.807, 2.05) is 0 Å². The number of carbonyl (C=O) groups excluding carboxylic acids is 2. The Kier molecular flexibility index (Phi) is 3.67. The van der Waals surface area contributed by atoms with Gasteiger partial charge in [-0.3, -0.25) is 14.6 Å². The number of H-pyrrole nitrogens is 1. The number of carbonyl (C=O) groups is 2. The van der Waals surface area contributed by atoms with Crippen molar-refractivity contribution >= 4 is 28.8 Å². The van der Waals surface area contributed by atoms with Crippen molar-refractivity contribution in [3.63, 3.8) is 0 Å². The fourth-order valence-corrected chi connectivity index (χ4v) is 1.88. The van der Waals surface area contributed by atoms with Gasteiger partial charge in [0.15, 0.2) is 12.1 Å². The van der Waals surface area contributed by atoms with Gasteiger partial charge in [-0.25, -0.2) is 10.8 Å².